The van der Waals surface area contributed by atoms with E-state index in [1.165, 1.54) is 19.3 Å². The number of carbonyl (C=O) groups is 1. The molecular weight excluding hydrogens is 250 g/mol. The summed E-state index contributed by atoms with van der Waals surface area (Å²) in [4.78, 5) is 12.5. The SMILES string of the molecule is CCOc1ccccc1NC(=O)C1[C@@H]2[C@@H]3CC[C@H](C3)[C@H]12. The summed E-state index contributed by atoms with van der Waals surface area (Å²) in [6.45, 7) is 2.58. The third-order valence-corrected chi connectivity index (χ3v) is 5.48. The molecule has 0 aromatic heterocycles. The van der Waals surface area contributed by atoms with Crippen LogP contribution in [-0.2, 0) is 4.79 Å². The molecule has 1 aromatic carbocycles. The molecule has 20 heavy (non-hydrogen) atoms. The minimum Gasteiger partial charge on any atom is -0.492 e. The molecule has 3 heteroatoms. The van der Waals surface area contributed by atoms with E-state index >= 15 is 0 Å². The van der Waals surface area contributed by atoms with Crippen molar-refractivity contribution in [3.8, 4) is 5.75 Å². The normalized spacial score (nSPS) is 36.5. The van der Waals surface area contributed by atoms with E-state index < -0.39 is 0 Å². The van der Waals surface area contributed by atoms with Gasteiger partial charge < -0.3 is 10.1 Å². The molecule has 1 N–H and O–H groups in total. The Kier molecular flexibility index (Phi) is 2.76. The van der Waals surface area contributed by atoms with Gasteiger partial charge in [-0.2, -0.15) is 0 Å². The Bertz CT molecular complexity index is 526. The lowest BCUT2D eigenvalue weighted by atomic mass is 10.0. The Labute approximate surface area is 119 Å². The van der Waals surface area contributed by atoms with Crippen molar-refractivity contribution in [2.45, 2.75) is 26.2 Å². The number of hydrogen-bond donors (Lipinski definition) is 1. The lowest BCUT2D eigenvalue weighted by molar-refractivity contribution is -0.118. The zero-order valence-electron chi connectivity index (χ0n) is 11.8. The van der Waals surface area contributed by atoms with E-state index in [-0.39, 0.29) is 11.8 Å². The second-order valence-corrected chi connectivity index (χ2v) is 6.43. The van der Waals surface area contributed by atoms with Gasteiger partial charge in [0.2, 0.25) is 5.91 Å². The molecule has 106 valence electrons. The maximum atomic E-state index is 12.5. The van der Waals surface area contributed by atoms with Gasteiger partial charge in [0.1, 0.15) is 5.75 Å². The summed E-state index contributed by atoms with van der Waals surface area (Å²) in [5, 5.41) is 3.09. The van der Waals surface area contributed by atoms with Crippen molar-refractivity contribution in [1.82, 2.24) is 0 Å². The Morgan fingerprint density at radius 1 is 1.25 bits per heavy atom. The number of fused-ring (bicyclic) bond motifs is 5. The lowest BCUT2D eigenvalue weighted by Crippen LogP contribution is -2.19. The van der Waals surface area contributed by atoms with Gasteiger partial charge in [-0.25, -0.2) is 0 Å². The van der Waals surface area contributed by atoms with Gasteiger partial charge in [-0.1, -0.05) is 12.1 Å². The molecule has 3 nitrogen and oxygen atoms in total. The largest absolute Gasteiger partial charge is 0.492 e. The Hall–Kier alpha value is -1.51. The fraction of sp³-hybridized carbons (Fsp3) is 0.588. The van der Waals surface area contributed by atoms with Gasteiger partial charge in [0.25, 0.3) is 0 Å². The average Bonchev–Trinajstić information content (AvgIpc) is 2.90. The molecule has 0 heterocycles. The Morgan fingerprint density at radius 2 is 1.95 bits per heavy atom. The second-order valence-electron chi connectivity index (χ2n) is 6.43. The molecule has 0 saturated heterocycles. The van der Waals surface area contributed by atoms with Gasteiger partial charge in [-0.15, -0.1) is 0 Å². The third kappa shape index (κ3) is 1.75. The highest BCUT2D eigenvalue weighted by molar-refractivity contribution is 5.96. The third-order valence-electron chi connectivity index (χ3n) is 5.48. The van der Waals surface area contributed by atoms with Gasteiger partial charge >= 0.3 is 0 Å². The van der Waals surface area contributed by atoms with E-state index in [1.807, 2.05) is 31.2 Å². The van der Waals surface area contributed by atoms with Gasteiger partial charge in [-0.05, 0) is 62.0 Å². The van der Waals surface area contributed by atoms with Crippen LogP contribution in [0.4, 0.5) is 5.69 Å². The van der Waals surface area contributed by atoms with Crippen LogP contribution in [0.15, 0.2) is 24.3 Å². The maximum absolute atomic E-state index is 12.5. The summed E-state index contributed by atoms with van der Waals surface area (Å²) >= 11 is 0. The molecule has 3 aliphatic rings. The van der Waals surface area contributed by atoms with Crippen LogP contribution in [0.2, 0.25) is 0 Å². The van der Waals surface area contributed by atoms with Crippen molar-refractivity contribution >= 4 is 11.6 Å². The van der Waals surface area contributed by atoms with Crippen LogP contribution in [0.25, 0.3) is 0 Å². The average molecular weight is 271 g/mol. The summed E-state index contributed by atoms with van der Waals surface area (Å²) in [7, 11) is 0. The number of benzene rings is 1. The first-order chi connectivity index (χ1) is 9.79. The minimum atomic E-state index is 0.212. The quantitative estimate of drug-likeness (QED) is 0.912. The van der Waals surface area contributed by atoms with Gasteiger partial charge in [0.15, 0.2) is 0 Å². The number of para-hydroxylation sites is 2. The topological polar surface area (TPSA) is 38.3 Å². The molecule has 1 unspecified atom stereocenters. The van der Waals surface area contributed by atoms with E-state index in [1.54, 1.807) is 0 Å². The second kappa shape index (κ2) is 4.51. The fourth-order valence-electron chi connectivity index (χ4n) is 4.74. The van der Waals surface area contributed by atoms with E-state index in [0.717, 1.165) is 23.3 Å². The predicted octanol–water partition coefficient (Wildman–Crippen LogP) is 3.32. The molecule has 3 aliphatic carbocycles. The maximum Gasteiger partial charge on any atom is 0.228 e. The highest BCUT2D eigenvalue weighted by Gasteiger charge is 2.67. The highest BCUT2D eigenvalue weighted by atomic mass is 16.5. The molecule has 3 saturated carbocycles. The zero-order valence-corrected chi connectivity index (χ0v) is 11.8. The van der Waals surface area contributed by atoms with Crippen LogP contribution in [0.3, 0.4) is 0 Å². The summed E-state index contributed by atoms with van der Waals surface area (Å²) in [5.41, 5.74) is 0.816. The summed E-state index contributed by atoms with van der Waals surface area (Å²) in [6, 6.07) is 7.72. The Morgan fingerprint density at radius 3 is 2.65 bits per heavy atom. The minimum absolute atomic E-state index is 0.212. The van der Waals surface area contributed by atoms with Gasteiger partial charge in [0.05, 0.1) is 12.3 Å². The van der Waals surface area contributed by atoms with E-state index in [4.69, 9.17) is 4.74 Å². The summed E-state index contributed by atoms with van der Waals surface area (Å²) < 4.78 is 5.57. The van der Waals surface area contributed by atoms with Crippen LogP contribution < -0.4 is 10.1 Å². The first kappa shape index (κ1) is 12.2. The first-order valence-corrected chi connectivity index (χ1v) is 7.82. The van der Waals surface area contributed by atoms with Crippen LogP contribution in [0.5, 0.6) is 5.75 Å². The highest BCUT2D eigenvalue weighted by Crippen LogP contribution is 2.69. The molecular formula is C17H21NO2. The number of rotatable bonds is 4. The number of amides is 1. The van der Waals surface area contributed by atoms with Crippen LogP contribution in [0.1, 0.15) is 26.2 Å². The van der Waals surface area contributed by atoms with Crippen molar-refractivity contribution in [1.29, 1.82) is 0 Å². The van der Waals surface area contributed by atoms with E-state index in [2.05, 4.69) is 5.32 Å². The molecule has 5 atom stereocenters. The number of anilines is 1. The zero-order chi connectivity index (χ0) is 13.7. The molecule has 1 amide bonds. The van der Waals surface area contributed by atoms with Crippen molar-refractivity contribution in [3.05, 3.63) is 24.3 Å². The molecule has 0 spiro atoms. The molecule has 3 fully saturated rings. The smallest absolute Gasteiger partial charge is 0.228 e. The van der Waals surface area contributed by atoms with Crippen molar-refractivity contribution in [2.75, 3.05) is 11.9 Å². The number of nitrogens with one attached hydrogen (secondary N) is 1. The van der Waals surface area contributed by atoms with E-state index in [0.29, 0.717) is 18.4 Å². The van der Waals surface area contributed by atoms with Crippen LogP contribution in [-0.4, -0.2) is 12.5 Å². The molecule has 2 bridgehead atoms. The fourth-order valence-corrected chi connectivity index (χ4v) is 4.74. The lowest BCUT2D eigenvalue weighted by Gasteiger charge is -2.13. The van der Waals surface area contributed by atoms with Crippen molar-refractivity contribution < 1.29 is 9.53 Å². The van der Waals surface area contributed by atoms with Crippen LogP contribution >= 0.6 is 0 Å². The first-order valence-electron chi connectivity index (χ1n) is 7.82. The summed E-state index contributed by atoms with van der Waals surface area (Å²) in [6.07, 6.45) is 4.09. The number of hydrogen-bond acceptors (Lipinski definition) is 2. The van der Waals surface area contributed by atoms with Gasteiger partial charge in [0, 0.05) is 5.92 Å². The standard InChI is InChI=1S/C17H21NO2/c1-2-20-13-6-4-3-5-12(13)18-17(19)16-14-10-7-8-11(9-10)15(14)16/h3-6,10-11,14-16H,2,7-9H2,1H3,(H,18,19)/t10-,11-,14-,15+,16?/m1/s1. The molecule has 1 aromatic rings. The number of carbonyl (C=O) groups excluding carboxylic acids is 1. The van der Waals surface area contributed by atoms with Gasteiger partial charge in [-0.3, -0.25) is 4.79 Å². The number of ether oxygens (including phenoxy) is 1. The predicted molar refractivity (Wildman–Crippen MR) is 77.5 cm³/mol. The van der Waals surface area contributed by atoms with E-state index in [9.17, 15) is 4.79 Å². The molecule has 0 radical (unpaired) electrons. The summed E-state index contributed by atoms with van der Waals surface area (Å²) in [5.74, 6) is 4.31. The molecule has 4 rings (SSSR count). The monoisotopic (exact) mass is 271 g/mol. The van der Waals surface area contributed by atoms with Crippen LogP contribution in [0, 0.1) is 29.6 Å². The van der Waals surface area contributed by atoms with Crippen molar-refractivity contribution in [3.63, 3.8) is 0 Å². The van der Waals surface area contributed by atoms with Crippen molar-refractivity contribution in [2.24, 2.45) is 29.6 Å². The Balaban J connectivity index is 1.47. The molecule has 0 aliphatic heterocycles.